The highest BCUT2D eigenvalue weighted by Crippen LogP contribution is 2.22. The van der Waals surface area contributed by atoms with Crippen LogP contribution < -0.4 is 5.32 Å². The van der Waals surface area contributed by atoms with Crippen molar-refractivity contribution < 1.29 is 0 Å². The molecule has 2 nitrogen and oxygen atoms in total. The van der Waals surface area contributed by atoms with E-state index >= 15 is 0 Å². The van der Waals surface area contributed by atoms with Crippen LogP contribution in [0.5, 0.6) is 0 Å². The topological polar surface area (TPSA) is 24.9 Å². The summed E-state index contributed by atoms with van der Waals surface area (Å²) in [5, 5.41) is 4.50. The van der Waals surface area contributed by atoms with E-state index in [0.29, 0.717) is 6.04 Å². The number of rotatable bonds is 2. The molecule has 0 saturated heterocycles. The molecule has 1 aromatic heterocycles. The Hall–Kier alpha value is -1.41. The summed E-state index contributed by atoms with van der Waals surface area (Å²) < 4.78 is 0. The Labute approximate surface area is 96.7 Å². The Morgan fingerprint density at radius 2 is 1.94 bits per heavy atom. The van der Waals surface area contributed by atoms with Gasteiger partial charge in [0.05, 0.1) is 5.52 Å². The van der Waals surface area contributed by atoms with Crippen LogP contribution in [0, 0.1) is 13.8 Å². The number of hydrogen-bond donors (Lipinski definition) is 1. The van der Waals surface area contributed by atoms with E-state index in [-0.39, 0.29) is 0 Å². The van der Waals surface area contributed by atoms with Crippen LogP contribution in [-0.4, -0.2) is 12.0 Å². The molecule has 1 unspecified atom stereocenters. The first-order valence-corrected chi connectivity index (χ1v) is 5.67. The van der Waals surface area contributed by atoms with Crippen molar-refractivity contribution in [2.24, 2.45) is 0 Å². The predicted molar refractivity (Wildman–Crippen MR) is 68.7 cm³/mol. The number of fused-ring (bicyclic) bond motifs is 1. The SMILES string of the molecule is CNC(C)c1ccc2c(C)cc(C)nc2c1. The third kappa shape index (κ3) is 1.93. The van der Waals surface area contributed by atoms with E-state index in [9.17, 15) is 0 Å². The van der Waals surface area contributed by atoms with Gasteiger partial charge in [0.2, 0.25) is 0 Å². The minimum Gasteiger partial charge on any atom is -0.313 e. The molecule has 2 aromatic rings. The second-order valence-electron chi connectivity index (χ2n) is 4.37. The number of aryl methyl sites for hydroxylation is 2. The van der Waals surface area contributed by atoms with E-state index in [4.69, 9.17) is 0 Å². The van der Waals surface area contributed by atoms with Crippen molar-refractivity contribution in [3.05, 3.63) is 41.1 Å². The number of benzene rings is 1. The molecule has 2 rings (SSSR count). The fourth-order valence-corrected chi connectivity index (χ4v) is 2.02. The smallest absolute Gasteiger partial charge is 0.0711 e. The van der Waals surface area contributed by atoms with Gasteiger partial charge in [0.25, 0.3) is 0 Å². The van der Waals surface area contributed by atoms with Gasteiger partial charge in [-0.1, -0.05) is 12.1 Å². The van der Waals surface area contributed by atoms with Crippen molar-refractivity contribution in [3.8, 4) is 0 Å². The van der Waals surface area contributed by atoms with E-state index in [1.807, 2.05) is 14.0 Å². The zero-order valence-electron chi connectivity index (χ0n) is 10.3. The molecule has 0 amide bonds. The third-order valence-corrected chi connectivity index (χ3v) is 3.10. The highest BCUT2D eigenvalue weighted by molar-refractivity contribution is 5.82. The molecule has 1 N–H and O–H groups in total. The van der Waals surface area contributed by atoms with Crippen LogP contribution in [0.3, 0.4) is 0 Å². The van der Waals surface area contributed by atoms with E-state index in [0.717, 1.165) is 11.2 Å². The largest absolute Gasteiger partial charge is 0.313 e. The first kappa shape index (κ1) is 11.1. The van der Waals surface area contributed by atoms with Gasteiger partial charge < -0.3 is 5.32 Å². The number of nitrogens with zero attached hydrogens (tertiary/aromatic N) is 1. The van der Waals surface area contributed by atoms with Crippen molar-refractivity contribution in [1.82, 2.24) is 10.3 Å². The van der Waals surface area contributed by atoms with Crippen molar-refractivity contribution in [2.75, 3.05) is 7.05 Å². The molecule has 0 aliphatic carbocycles. The predicted octanol–water partition coefficient (Wildman–Crippen LogP) is 3.13. The van der Waals surface area contributed by atoms with Gasteiger partial charge in [0.1, 0.15) is 0 Å². The average molecular weight is 214 g/mol. The van der Waals surface area contributed by atoms with Crippen LogP contribution in [0.2, 0.25) is 0 Å². The molecule has 0 spiro atoms. The van der Waals surface area contributed by atoms with Gasteiger partial charge in [0.15, 0.2) is 0 Å². The van der Waals surface area contributed by atoms with Gasteiger partial charge >= 0.3 is 0 Å². The molecule has 1 heterocycles. The van der Waals surface area contributed by atoms with Gasteiger partial charge in [-0.3, -0.25) is 4.98 Å². The molecule has 84 valence electrons. The molecular weight excluding hydrogens is 196 g/mol. The Balaban J connectivity index is 2.61. The van der Waals surface area contributed by atoms with Crippen LogP contribution in [0.25, 0.3) is 10.9 Å². The molecule has 2 heteroatoms. The lowest BCUT2D eigenvalue weighted by molar-refractivity contribution is 0.653. The first-order valence-electron chi connectivity index (χ1n) is 5.67. The minimum absolute atomic E-state index is 0.368. The summed E-state index contributed by atoms with van der Waals surface area (Å²) in [5.41, 5.74) is 4.76. The maximum atomic E-state index is 4.59. The lowest BCUT2D eigenvalue weighted by Gasteiger charge is -2.12. The number of aromatic nitrogens is 1. The van der Waals surface area contributed by atoms with E-state index < -0.39 is 0 Å². The second kappa shape index (κ2) is 4.22. The third-order valence-electron chi connectivity index (χ3n) is 3.10. The van der Waals surface area contributed by atoms with Gasteiger partial charge in [-0.15, -0.1) is 0 Å². The Morgan fingerprint density at radius 1 is 1.19 bits per heavy atom. The van der Waals surface area contributed by atoms with Crippen LogP contribution in [0.1, 0.15) is 29.8 Å². The lowest BCUT2D eigenvalue weighted by Crippen LogP contribution is -2.12. The summed E-state index contributed by atoms with van der Waals surface area (Å²) in [6.45, 7) is 6.34. The summed E-state index contributed by atoms with van der Waals surface area (Å²) in [6.07, 6.45) is 0. The maximum Gasteiger partial charge on any atom is 0.0711 e. The Morgan fingerprint density at radius 3 is 2.62 bits per heavy atom. The molecule has 0 aliphatic rings. The van der Waals surface area contributed by atoms with Crippen LogP contribution in [0.15, 0.2) is 24.3 Å². The van der Waals surface area contributed by atoms with Gasteiger partial charge in [-0.2, -0.15) is 0 Å². The quantitative estimate of drug-likeness (QED) is 0.830. The fraction of sp³-hybridized carbons (Fsp3) is 0.357. The maximum absolute atomic E-state index is 4.59. The molecule has 0 saturated carbocycles. The Kier molecular flexibility index (Phi) is 2.92. The molecular formula is C14H18N2. The van der Waals surface area contributed by atoms with Gasteiger partial charge in [0, 0.05) is 17.1 Å². The standard InChI is InChI=1S/C14H18N2/c1-9-7-10(2)16-14-8-12(11(3)15-4)5-6-13(9)14/h5-8,11,15H,1-4H3. The van der Waals surface area contributed by atoms with Crippen molar-refractivity contribution in [2.45, 2.75) is 26.8 Å². The van der Waals surface area contributed by atoms with Crippen LogP contribution in [0.4, 0.5) is 0 Å². The number of hydrogen-bond acceptors (Lipinski definition) is 2. The van der Waals surface area contributed by atoms with E-state index in [1.165, 1.54) is 16.5 Å². The summed E-state index contributed by atoms with van der Waals surface area (Å²) in [4.78, 5) is 4.59. The number of nitrogens with one attached hydrogen (secondary N) is 1. The van der Waals surface area contributed by atoms with Gasteiger partial charge in [-0.05, 0) is 51.1 Å². The van der Waals surface area contributed by atoms with Crippen molar-refractivity contribution >= 4 is 10.9 Å². The molecule has 0 fully saturated rings. The summed E-state index contributed by atoms with van der Waals surface area (Å²) in [5.74, 6) is 0. The zero-order valence-corrected chi connectivity index (χ0v) is 10.3. The highest BCUT2D eigenvalue weighted by Gasteiger charge is 2.05. The van der Waals surface area contributed by atoms with Gasteiger partial charge in [-0.25, -0.2) is 0 Å². The van der Waals surface area contributed by atoms with E-state index in [2.05, 4.69) is 48.4 Å². The molecule has 0 radical (unpaired) electrons. The monoisotopic (exact) mass is 214 g/mol. The second-order valence-corrected chi connectivity index (χ2v) is 4.37. The number of pyridine rings is 1. The summed E-state index contributed by atoms with van der Waals surface area (Å²) in [7, 11) is 1.98. The fourth-order valence-electron chi connectivity index (χ4n) is 2.02. The summed E-state index contributed by atoms with van der Waals surface area (Å²) in [6, 6.07) is 9.01. The first-order chi connectivity index (χ1) is 7.61. The normalized spacial score (nSPS) is 13.0. The molecule has 1 aromatic carbocycles. The van der Waals surface area contributed by atoms with Crippen molar-refractivity contribution in [1.29, 1.82) is 0 Å². The molecule has 1 atom stereocenters. The Bertz CT molecular complexity index is 517. The summed E-state index contributed by atoms with van der Waals surface area (Å²) >= 11 is 0. The molecule has 0 aliphatic heterocycles. The molecule has 0 bridgehead atoms. The highest BCUT2D eigenvalue weighted by atomic mass is 14.9. The average Bonchev–Trinajstić information content (AvgIpc) is 2.27. The zero-order chi connectivity index (χ0) is 11.7. The molecule has 16 heavy (non-hydrogen) atoms. The van der Waals surface area contributed by atoms with Crippen LogP contribution in [-0.2, 0) is 0 Å². The van der Waals surface area contributed by atoms with E-state index in [1.54, 1.807) is 0 Å². The van der Waals surface area contributed by atoms with Crippen molar-refractivity contribution in [3.63, 3.8) is 0 Å². The lowest BCUT2D eigenvalue weighted by atomic mass is 10.0. The minimum atomic E-state index is 0.368. The van der Waals surface area contributed by atoms with Crippen LogP contribution >= 0.6 is 0 Å².